The number of aromatic nitrogens is 2. The highest BCUT2D eigenvalue weighted by Gasteiger charge is 2.19. The molecule has 26 heavy (non-hydrogen) atoms. The molecule has 0 aliphatic heterocycles. The van der Waals surface area contributed by atoms with Crippen LogP contribution < -0.4 is 5.32 Å². The second kappa shape index (κ2) is 6.72. The fourth-order valence-corrected chi connectivity index (χ4v) is 3.70. The standard InChI is InChI=1S/C20H17N3O2S/c1-12-8-9-15(26-12)11-21-19(24)16-10-17(14-6-4-3-5-7-14)22-20-18(16)13(2)23-25-20/h3-10H,11H2,1-2H3,(H,21,24). The first-order valence-electron chi connectivity index (χ1n) is 8.28. The van der Waals surface area contributed by atoms with Crippen LogP contribution in [-0.2, 0) is 6.54 Å². The Morgan fingerprint density at radius 3 is 2.69 bits per heavy atom. The molecule has 0 saturated carbocycles. The number of thiophene rings is 1. The van der Waals surface area contributed by atoms with E-state index in [2.05, 4.69) is 28.4 Å². The molecular formula is C20H17N3O2S. The van der Waals surface area contributed by atoms with E-state index in [0.717, 1.165) is 10.4 Å². The van der Waals surface area contributed by atoms with Gasteiger partial charge in [0.2, 0.25) is 0 Å². The van der Waals surface area contributed by atoms with E-state index < -0.39 is 0 Å². The topological polar surface area (TPSA) is 68.0 Å². The molecule has 0 aliphatic rings. The Kier molecular flexibility index (Phi) is 4.26. The van der Waals surface area contributed by atoms with Gasteiger partial charge in [0.25, 0.3) is 11.6 Å². The predicted octanol–water partition coefficient (Wildman–Crippen LogP) is 4.50. The monoisotopic (exact) mass is 363 g/mol. The van der Waals surface area contributed by atoms with E-state index in [9.17, 15) is 4.79 Å². The van der Waals surface area contributed by atoms with Gasteiger partial charge < -0.3 is 9.84 Å². The molecule has 0 bridgehead atoms. The second-order valence-corrected chi connectivity index (χ2v) is 7.44. The Balaban J connectivity index is 1.72. The molecule has 1 aromatic carbocycles. The molecular weight excluding hydrogens is 346 g/mol. The molecule has 1 amide bonds. The predicted molar refractivity (Wildman–Crippen MR) is 102 cm³/mol. The molecule has 130 valence electrons. The van der Waals surface area contributed by atoms with Crippen LogP contribution >= 0.6 is 11.3 Å². The third kappa shape index (κ3) is 3.11. The Morgan fingerprint density at radius 2 is 1.96 bits per heavy atom. The lowest BCUT2D eigenvalue weighted by Gasteiger charge is -2.08. The van der Waals surface area contributed by atoms with Crippen molar-refractivity contribution in [1.82, 2.24) is 15.5 Å². The van der Waals surface area contributed by atoms with Crippen LogP contribution in [0.25, 0.3) is 22.4 Å². The number of nitrogens with one attached hydrogen (secondary N) is 1. The summed E-state index contributed by atoms with van der Waals surface area (Å²) < 4.78 is 5.33. The van der Waals surface area contributed by atoms with Crippen molar-refractivity contribution in [2.45, 2.75) is 20.4 Å². The number of amides is 1. The summed E-state index contributed by atoms with van der Waals surface area (Å²) in [5.41, 5.74) is 3.17. The average Bonchev–Trinajstić information content (AvgIpc) is 3.25. The Morgan fingerprint density at radius 1 is 1.15 bits per heavy atom. The fraction of sp³-hybridized carbons (Fsp3) is 0.150. The Labute approximate surface area is 154 Å². The van der Waals surface area contributed by atoms with Crippen molar-refractivity contribution in [3.63, 3.8) is 0 Å². The van der Waals surface area contributed by atoms with Crippen LogP contribution in [0.15, 0.2) is 53.1 Å². The average molecular weight is 363 g/mol. The molecule has 4 aromatic rings. The van der Waals surface area contributed by atoms with E-state index in [4.69, 9.17) is 4.52 Å². The van der Waals surface area contributed by atoms with Crippen LogP contribution in [0.5, 0.6) is 0 Å². The summed E-state index contributed by atoms with van der Waals surface area (Å²) in [7, 11) is 0. The second-order valence-electron chi connectivity index (χ2n) is 6.06. The van der Waals surface area contributed by atoms with Crippen LogP contribution in [-0.4, -0.2) is 16.0 Å². The highest BCUT2D eigenvalue weighted by atomic mass is 32.1. The molecule has 3 heterocycles. The lowest BCUT2D eigenvalue weighted by Crippen LogP contribution is -2.22. The van der Waals surface area contributed by atoms with Crippen LogP contribution in [0.4, 0.5) is 0 Å². The Hall–Kier alpha value is -2.99. The normalized spacial score (nSPS) is 11.0. The van der Waals surface area contributed by atoms with Crippen molar-refractivity contribution in [3.05, 3.63) is 69.5 Å². The number of nitrogens with zero attached hydrogens (tertiary/aromatic N) is 2. The Bertz CT molecular complexity index is 1080. The lowest BCUT2D eigenvalue weighted by atomic mass is 10.1. The van der Waals surface area contributed by atoms with E-state index in [1.165, 1.54) is 4.88 Å². The number of rotatable bonds is 4. The van der Waals surface area contributed by atoms with Crippen molar-refractivity contribution in [2.24, 2.45) is 0 Å². The summed E-state index contributed by atoms with van der Waals surface area (Å²) >= 11 is 1.68. The van der Waals surface area contributed by atoms with E-state index in [1.54, 1.807) is 17.4 Å². The maximum absolute atomic E-state index is 12.9. The van der Waals surface area contributed by atoms with Crippen LogP contribution in [0.3, 0.4) is 0 Å². The SMILES string of the molecule is Cc1ccc(CNC(=O)c2cc(-c3ccccc3)nc3onc(C)c23)s1. The number of hydrogen-bond acceptors (Lipinski definition) is 5. The van der Waals surface area contributed by atoms with Crippen molar-refractivity contribution in [1.29, 1.82) is 0 Å². The quantitative estimate of drug-likeness (QED) is 0.580. The highest BCUT2D eigenvalue weighted by Crippen LogP contribution is 2.27. The van der Waals surface area contributed by atoms with Gasteiger partial charge in [0, 0.05) is 15.3 Å². The summed E-state index contributed by atoms with van der Waals surface area (Å²) in [4.78, 5) is 19.7. The van der Waals surface area contributed by atoms with Crippen LogP contribution in [0, 0.1) is 13.8 Å². The minimum Gasteiger partial charge on any atom is -0.347 e. The zero-order chi connectivity index (χ0) is 18.1. The van der Waals surface area contributed by atoms with E-state index >= 15 is 0 Å². The molecule has 0 spiro atoms. The third-order valence-electron chi connectivity index (χ3n) is 4.15. The van der Waals surface area contributed by atoms with Gasteiger partial charge in [-0.1, -0.05) is 35.5 Å². The largest absolute Gasteiger partial charge is 0.347 e. The highest BCUT2D eigenvalue weighted by molar-refractivity contribution is 7.11. The zero-order valence-corrected chi connectivity index (χ0v) is 15.3. The van der Waals surface area contributed by atoms with Crippen molar-refractivity contribution < 1.29 is 9.32 Å². The summed E-state index contributed by atoms with van der Waals surface area (Å²) in [6, 6.07) is 15.6. The number of hydrogen-bond donors (Lipinski definition) is 1. The number of fused-ring (bicyclic) bond motifs is 1. The number of carbonyl (C=O) groups is 1. The minimum atomic E-state index is -0.160. The van der Waals surface area contributed by atoms with Crippen molar-refractivity contribution in [2.75, 3.05) is 0 Å². The molecule has 3 aromatic heterocycles. The first kappa shape index (κ1) is 16.5. The van der Waals surface area contributed by atoms with Gasteiger partial charge in [0.05, 0.1) is 28.9 Å². The maximum atomic E-state index is 12.9. The zero-order valence-electron chi connectivity index (χ0n) is 14.4. The molecule has 0 fully saturated rings. The summed E-state index contributed by atoms with van der Waals surface area (Å²) in [6.07, 6.45) is 0. The minimum absolute atomic E-state index is 0.160. The molecule has 6 heteroatoms. The molecule has 0 unspecified atom stereocenters. The molecule has 0 atom stereocenters. The van der Waals surface area contributed by atoms with Gasteiger partial charge in [-0.3, -0.25) is 4.79 Å². The summed E-state index contributed by atoms with van der Waals surface area (Å²) in [5.74, 6) is -0.160. The molecule has 0 aliphatic carbocycles. The molecule has 5 nitrogen and oxygen atoms in total. The molecule has 4 rings (SSSR count). The molecule has 0 radical (unpaired) electrons. The number of carbonyl (C=O) groups excluding carboxylic acids is 1. The smallest absolute Gasteiger partial charge is 0.259 e. The van der Waals surface area contributed by atoms with Gasteiger partial charge in [0.1, 0.15) is 0 Å². The van der Waals surface area contributed by atoms with Gasteiger partial charge in [-0.2, -0.15) is 0 Å². The first-order chi connectivity index (χ1) is 12.6. The summed E-state index contributed by atoms with van der Waals surface area (Å²) in [6.45, 7) is 4.36. The maximum Gasteiger partial charge on any atom is 0.259 e. The van der Waals surface area contributed by atoms with E-state index in [0.29, 0.717) is 34.6 Å². The van der Waals surface area contributed by atoms with Crippen molar-refractivity contribution in [3.8, 4) is 11.3 Å². The van der Waals surface area contributed by atoms with Crippen LogP contribution in [0.2, 0.25) is 0 Å². The van der Waals surface area contributed by atoms with Crippen molar-refractivity contribution >= 4 is 28.3 Å². The molecule has 1 N–H and O–H groups in total. The lowest BCUT2D eigenvalue weighted by molar-refractivity contribution is 0.0953. The van der Waals surface area contributed by atoms with Gasteiger partial charge >= 0.3 is 0 Å². The van der Waals surface area contributed by atoms with Gasteiger partial charge in [-0.25, -0.2) is 4.98 Å². The van der Waals surface area contributed by atoms with E-state index in [-0.39, 0.29) is 5.91 Å². The number of aryl methyl sites for hydroxylation is 2. The number of pyridine rings is 1. The van der Waals surface area contributed by atoms with Gasteiger partial charge in [-0.15, -0.1) is 11.3 Å². The van der Waals surface area contributed by atoms with Crippen LogP contribution in [0.1, 0.15) is 25.8 Å². The van der Waals surface area contributed by atoms with Gasteiger partial charge in [0.15, 0.2) is 0 Å². The summed E-state index contributed by atoms with van der Waals surface area (Å²) in [5, 5.41) is 7.63. The number of benzene rings is 1. The molecule has 0 saturated heterocycles. The van der Waals surface area contributed by atoms with Gasteiger partial charge in [-0.05, 0) is 32.0 Å². The fourth-order valence-electron chi connectivity index (χ4n) is 2.87. The first-order valence-corrected chi connectivity index (χ1v) is 9.09. The third-order valence-corrected chi connectivity index (χ3v) is 5.15. The van der Waals surface area contributed by atoms with E-state index in [1.807, 2.05) is 43.3 Å².